The third kappa shape index (κ3) is 43.6. The van der Waals surface area contributed by atoms with Crippen molar-refractivity contribution >= 4 is 16.6 Å². The smallest absolute Gasteiger partial charge is 0.188 e. The zero-order valence-electron chi connectivity index (χ0n) is 28.6. The van der Waals surface area contributed by atoms with Gasteiger partial charge in [0.25, 0.3) is 0 Å². The number of hydrogen-bond donors (Lipinski definition) is 4. The minimum atomic E-state index is -1.81. The molecular weight excluding hydrogens is 552 g/mol. The first kappa shape index (κ1) is 49.7. The van der Waals surface area contributed by atoms with Crippen LogP contribution < -0.4 is 0 Å². The molecule has 0 aromatic carbocycles. The third-order valence-electron chi connectivity index (χ3n) is 7.16. The molecule has 2 unspecified atom stereocenters. The normalized spacial score (nSPS) is 12.5. The summed E-state index contributed by atoms with van der Waals surface area (Å²) in [5, 5.41) is 16.7. The van der Waals surface area contributed by atoms with E-state index >= 15 is 0 Å². The van der Waals surface area contributed by atoms with Gasteiger partial charge in [-0.2, -0.15) is 0 Å². The monoisotopic (exact) mass is 628 g/mol. The van der Waals surface area contributed by atoms with Crippen molar-refractivity contribution in [1.29, 1.82) is 0 Å². The van der Waals surface area contributed by atoms with Gasteiger partial charge in [-0.1, -0.05) is 132 Å². The molecule has 0 fully saturated rings. The van der Waals surface area contributed by atoms with Crippen molar-refractivity contribution in [2.24, 2.45) is 0 Å². The largest absolute Gasteiger partial charge is 0.432 e. The van der Waals surface area contributed by atoms with Crippen LogP contribution in [0.25, 0.3) is 0 Å². The molecule has 0 saturated carbocycles. The predicted molar refractivity (Wildman–Crippen MR) is 178 cm³/mol. The summed E-state index contributed by atoms with van der Waals surface area (Å²) in [5.74, 6) is 0. The van der Waals surface area contributed by atoms with Crippen molar-refractivity contribution in [3.8, 4) is 0 Å². The fourth-order valence-corrected chi connectivity index (χ4v) is 11.4. The molecule has 7 heteroatoms. The van der Waals surface area contributed by atoms with Gasteiger partial charge in [0.1, 0.15) is 0 Å². The molecule has 0 aliphatic rings. The van der Waals surface area contributed by atoms with Gasteiger partial charge in [0.2, 0.25) is 0 Å². The molecule has 0 saturated heterocycles. The van der Waals surface area contributed by atoms with Crippen molar-refractivity contribution in [1.82, 2.24) is 0 Å². The van der Waals surface area contributed by atoms with Crippen molar-refractivity contribution < 1.29 is 41.5 Å². The number of hydrogen-bond acceptors (Lipinski definition) is 4. The van der Waals surface area contributed by atoms with Gasteiger partial charge in [-0.05, 0) is 63.0 Å². The SMILES string of the molecule is CCC(C)O.CCC(C)O.CCCC[Si](O)(CCCC)CCCC.CCCC[Si](O)(CCCC)CCCC.[Ti]. The Labute approximate surface area is 264 Å². The Morgan fingerprint density at radius 1 is 0.410 bits per heavy atom. The number of rotatable bonds is 20. The van der Waals surface area contributed by atoms with E-state index in [1.807, 2.05) is 13.8 Å². The average Bonchev–Trinajstić information content (AvgIpc) is 2.91. The zero-order valence-corrected chi connectivity index (χ0v) is 32.1. The van der Waals surface area contributed by atoms with Crippen molar-refractivity contribution in [3.63, 3.8) is 0 Å². The van der Waals surface area contributed by atoms with E-state index < -0.39 is 16.6 Å². The molecule has 0 aliphatic carbocycles. The summed E-state index contributed by atoms with van der Waals surface area (Å²) in [6.45, 7) is 20.8. The van der Waals surface area contributed by atoms with Crippen LogP contribution in [0.1, 0.15) is 159 Å². The Bertz CT molecular complexity index is 345. The Morgan fingerprint density at radius 2 is 0.538 bits per heavy atom. The fraction of sp³-hybridized carbons (Fsp3) is 1.00. The Balaban J connectivity index is -0.000000145. The summed E-state index contributed by atoms with van der Waals surface area (Å²) in [5.41, 5.74) is 0. The maximum Gasteiger partial charge on any atom is 0.188 e. The van der Waals surface area contributed by atoms with E-state index in [0.717, 1.165) is 49.1 Å². The van der Waals surface area contributed by atoms with Gasteiger partial charge in [-0.25, -0.2) is 0 Å². The molecule has 0 rings (SSSR count). The van der Waals surface area contributed by atoms with Crippen molar-refractivity contribution in [2.75, 3.05) is 0 Å². The van der Waals surface area contributed by atoms with Crippen LogP contribution in [0.3, 0.4) is 0 Å². The second-order valence-corrected chi connectivity index (χ2v) is 19.5. The standard InChI is InChI=1S/2C12H28OSi.2C4H10O.Ti/c2*1-4-7-10-14(13,11-8-5-2)12-9-6-3;2*1-3-4(2)5;/h2*13H,4-12H2,1-3H3;2*4-5H,3H2,1-2H3;. The molecule has 0 amide bonds. The van der Waals surface area contributed by atoms with E-state index in [9.17, 15) is 9.59 Å². The maximum absolute atomic E-state index is 10.5. The third-order valence-corrected chi connectivity index (χ3v) is 14.9. The number of aliphatic hydroxyl groups is 2. The molecule has 4 N–H and O–H groups in total. The summed E-state index contributed by atoms with van der Waals surface area (Å²) in [6.07, 6.45) is 16.3. The summed E-state index contributed by atoms with van der Waals surface area (Å²) in [6, 6.07) is 6.85. The van der Waals surface area contributed by atoms with Crippen LogP contribution in [0.2, 0.25) is 36.3 Å². The molecular formula is C32H76O4Si2Ti. The van der Waals surface area contributed by atoms with Crippen LogP contribution in [0, 0.1) is 0 Å². The van der Waals surface area contributed by atoms with Crippen LogP contribution >= 0.6 is 0 Å². The summed E-state index contributed by atoms with van der Waals surface area (Å²) in [4.78, 5) is 21.1. The quantitative estimate of drug-likeness (QED) is 0.101. The second-order valence-electron chi connectivity index (χ2n) is 11.6. The van der Waals surface area contributed by atoms with Crippen LogP contribution in [0.15, 0.2) is 0 Å². The Hall–Kier alpha value is 0.988. The average molecular weight is 629 g/mol. The van der Waals surface area contributed by atoms with Gasteiger partial charge in [-0.15, -0.1) is 0 Å². The molecule has 2 atom stereocenters. The predicted octanol–water partition coefficient (Wildman–Crippen LogP) is 10.2. The molecule has 240 valence electrons. The van der Waals surface area contributed by atoms with E-state index in [2.05, 4.69) is 41.5 Å². The minimum absolute atomic E-state index is 0. The first-order valence-corrected chi connectivity index (χ1v) is 21.9. The van der Waals surface area contributed by atoms with Gasteiger partial charge < -0.3 is 19.8 Å². The summed E-state index contributed by atoms with van der Waals surface area (Å²) in [7, 11) is -3.62. The van der Waals surface area contributed by atoms with Gasteiger partial charge >= 0.3 is 0 Å². The summed E-state index contributed by atoms with van der Waals surface area (Å²) >= 11 is 0. The molecule has 4 nitrogen and oxygen atoms in total. The van der Waals surface area contributed by atoms with Gasteiger partial charge in [-0.3, -0.25) is 0 Å². The van der Waals surface area contributed by atoms with Crippen LogP contribution in [-0.2, 0) is 21.7 Å². The van der Waals surface area contributed by atoms with Crippen LogP contribution in [-0.4, -0.2) is 48.6 Å². The molecule has 0 aliphatic heterocycles. The first-order chi connectivity index (χ1) is 17.9. The van der Waals surface area contributed by atoms with E-state index in [-0.39, 0.29) is 33.9 Å². The Kier molecular flexibility index (Phi) is 47.1. The molecule has 0 radical (unpaired) electrons. The van der Waals surface area contributed by atoms with Crippen molar-refractivity contribution in [3.05, 3.63) is 0 Å². The van der Waals surface area contributed by atoms with Crippen LogP contribution in [0.4, 0.5) is 0 Å². The fourth-order valence-electron chi connectivity index (χ4n) is 3.79. The van der Waals surface area contributed by atoms with Crippen molar-refractivity contribution in [2.45, 2.75) is 208 Å². The van der Waals surface area contributed by atoms with E-state index in [1.165, 1.54) is 77.0 Å². The minimum Gasteiger partial charge on any atom is -0.432 e. The number of aliphatic hydroxyl groups excluding tert-OH is 2. The van der Waals surface area contributed by atoms with Crippen LogP contribution in [0.5, 0.6) is 0 Å². The van der Waals surface area contributed by atoms with Gasteiger partial charge in [0, 0.05) is 21.7 Å². The van der Waals surface area contributed by atoms with E-state index in [4.69, 9.17) is 10.2 Å². The van der Waals surface area contributed by atoms with E-state index in [1.54, 1.807) is 13.8 Å². The molecule has 0 heterocycles. The molecule has 0 bridgehead atoms. The Morgan fingerprint density at radius 3 is 0.615 bits per heavy atom. The second kappa shape index (κ2) is 37.0. The maximum atomic E-state index is 10.5. The molecule has 0 aromatic rings. The van der Waals surface area contributed by atoms with E-state index in [0.29, 0.717) is 0 Å². The first-order valence-electron chi connectivity index (χ1n) is 16.7. The summed E-state index contributed by atoms with van der Waals surface area (Å²) < 4.78 is 0. The topological polar surface area (TPSA) is 80.9 Å². The zero-order chi connectivity index (χ0) is 30.3. The number of unbranched alkanes of at least 4 members (excludes halogenated alkanes) is 6. The van der Waals surface area contributed by atoms with Gasteiger partial charge in [0.05, 0.1) is 12.2 Å². The molecule has 0 aromatic heterocycles. The molecule has 39 heavy (non-hydrogen) atoms. The molecule has 0 spiro atoms. The van der Waals surface area contributed by atoms with Gasteiger partial charge in [0.15, 0.2) is 16.6 Å².